The zero-order valence-electron chi connectivity index (χ0n) is 14.2. The molecule has 152 valence electrons. The summed E-state index contributed by atoms with van der Waals surface area (Å²) >= 11 is 8.14. The number of aromatic hydroxyl groups is 1. The second-order valence-electron chi connectivity index (χ2n) is 6.41. The van der Waals surface area contributed by atoms with Crippen molar-refractivity contribution in [2.45, 2.75) is 9.84 Å². The quantitative estimate of drug-likeness (QED) is 0.264. The number of carbonyl (C=O) groups is 2. The molecule has 4 rings (SSSR count). The fourth-order valence-corrected chi connectivity index (χ4v) is 7.38. The number of carboxylic acid groups (broad SMARTS) is 1. The number of benzene rings is 2. The van der Waals surface area contributed by atoms with Crippen LogP contribution in [0.2, 0.25) is 0 Å². The van der Waals surface area contributed by atoms with Gasteiger partial charge in [0.05, 0.1) is 16.3 Å². The molecule has 2 aromatic rings. The number of fused-ring (bicyclic) bond motifs is 1. The summed E-state index contributed by atoms with van der Waals surface area (Å²) in [4.78, 5) is 24.5. The van der Waals surface area contributed by atoms with Gasteiger partial charge in [0.2, 0.25) is 0 Å². The van der Waals surface area contributed by atoms with Crippen molar-refractivity contribution in [3.8, 4) is 11.5 Å². The minimum atomic E-state index is -1.02. The third kappa shape index (κ3) is 5.25. The fourth-order valence-electron chi connectivity index (χ4n) is 3.49. The number of aromatic carboxylic acids is 1. The molecule has 0 spiro atoms. The zero-order valence-corrected chi connectivity index (χ0v) is 22.9. The zero-order chi connectivity index (χ0) is 21.0. The number of hydrogen-bond acceptors (Lipinski definition) is 4. The van der Waals surface area contributed by atoms with E-state index in [1.54, 1.807) is 30.3 Å². The number of carboxylic acids is 1. The molecule has 31 heavy (non-hydrogen) atoms. The van der Waals surface area contributed by atoms with Crippen molar-refractivity contribution in [2.75, 3.05) is 0 Å². The second-order valence-corrected chi connectivity index (χ2v) is 11.1. The van der Waals surface area contributed by atoms with Crippen LogP contribution in [0.25, 0.3) is 0 Å². The number of Topliss-reactive ketones (excluding diaryl/α,β-unsaturated/α-hetero) is 1. The molecule has 2 aliphatic rings. The molecule has 2 atom stereocenters. The number of ketones is 1. The van der Waals surface area contributed by atoms with Gasteiger partial charge in [-0.3, -0.25) is 4.79 Å². The maximum absolute atomic E-state index is 12.6. The van der Waals surface area contributed by atoms with Gasteiger partial charge in [0.25, 0.3) is 0 Å². The Bertz CT molecular complexity index is 1160. The summed E-state index contributed by atoms with van der Waals surface area (Å²) in [6, 6.07) is 8.68. The van der Waals surface area contributed by atoms with Crippen LogP contribution in [0.15, 0.2) is 51.3 Å². The molecule has 0 radical (unpaired) electrons. The summed E-state index contributed by atoms with van der Waals surface area (Å²) < 4.78 is 7.41. The van der Waals surface area contributed by atoms with E-state index in [-0.39, 0.29) is 76.2 Å². The van der Waals surface area contributed by atoms with Gasteiger partial charge >= 0.3 is 65.1 Å². The van der Waals surface area contributed by atoms with Crippen molar-refractivity contribution in [3.63, 3.8) is 0 Å². The van der Waals surface area contributed by atoms with E-state index in [4.69, 9.17) is 4.74 Å². The van der Waals surface area contributed by atoms with Crippen LogP contribution >= 0.6 is 90.4 Å². The third-order valence-corrected chi connectivity index (χ3v) is 8.57. The van der Waals surface area contributed by atoms with E-state index < -0.39 is 15.8 Å². The van der Waals surface area contributed by atoms with Crippen LogP contribution in [-0.2, 0) is 4.79 Å². The Kier molecular flexibility index (Phi) is 10.7. The first-order valence-corrected chi connectivity index (χ1v) is 12.7. The predicted molar refractivity (Wildman–Crippen MR) is 156 cm³/mol. The molecule has 0 saturated heterocycles. The molecule has 2 N–H and O–H groups in total. The monoisotopic (exact) mass is 886 g/mol. The number of phenols is 1. The van der Waals surface area contributed by atoms with Gasteiger partial charge < -0.3 is 14.9 Å². The third-order valence-electron chi connectivity index (χ3n) is 4.78. The van der Waals surface area contributed by atoms with Gasteiger partial charge in [-0.2, -0.15) is 0 Å². The van der Waals surface area contributed by atoms with E-state index in [0.717, 1.165) is 11.1 Å². The molecule has 5 nitrogen and oxygen atoms in total. The number of alkyl halides is 1. The number of halogens is 4. The van der Waals surface area contributed by atoms with Crippen molar-refractivity contribution < 1.29 is 24.5 Å². The molecule has 11 heteroatoms. The molecule has 2 aromatic carbocycles. The average molecular weight is 886 g/mol. The van der Waals surface area contributed by atoms with Gasteiger partial charge in [0, 0.05) is 17.1 Å². The Morgan fingerprint density at radius 1 is 1.06 bits per heavy atom. The molecule has 0 amide bonds. The van der Waals surface area contributed by atoms with E-state index in [1.807, 2.05) is 73.8 Å². The minimum absolute atomic E-state index is 0. The topological polar surface area (TPSA) is 83.8 Å². The Morgan fingerprint density at radius 3 is 2.35 bits per heavy atom. The van der Waals surface area contributed by atoms with Crippen LogP contribution in [-0.4, -0.2) is 85.0 Å². The standard InChI is InChI=1S/C20H10I4O5.2Na.2H/c21-11-5-9-13(7-3-1-2-4-8(7)20(27)28)10-6-12(22)17(26)15(24)19(10)29-18(9)14(23)16(11)25;;;;/h1-6,13-14,26H,(H,27,28);;;;. The number of rotatable bonds is 2. The fraction of sp³-hybridized carbons (Fsp3) is 0.100. The van der Waals surface area contributed by atoms with E-state index >= 15 is 0 Å². The van der Waals surface area contributed by atoms with Crippen LogP contribution in [0.5, 0.6) is 11.5 Å². The summed E-state index contributed by atoms with van der Waals surface area (Å²) in [5.74, 6) is -0.436. The summed E-state index contributed by atoms with van der Waals surface area (Å²) in [5.41, 5.74) is 2.35. The number of carbonyl (C=O) groups excluding carboxylic acids is 1. The first-order chi connectivity index (χ1) is 13.7. The number of ether oxygens (including phenoxy) is 1. The predicted octanol–water partition coefficient (Wildman–Crippen LogP) is 4.49. The van der Waals surface area contributed by atoms with E-state index in [2.05, 4.69) is 22.6 Å². The average Bonchev–Trinajstić information content (AvgIpc) is 2.69. The maximum atomic E-state index is 12.6. The normalized spacial score (nSPS) is 19.2. The SMILES string of the molecule is O=C(O)c1ccccc1C1C2=C(Oc3c1cc(I)c(O)c3I)C(I)C(=O)C(I)=C2.[NaH].[NaH]. The number of phenolic OH excluding ortho intramolecular Hbond substituents is 1. The molecule has 0 saturated carbocycles. The summed E-state index contributed by atoms with van der Waals surface area (Å²) in [7, 11) is 0. The molecular formula is C20H12I4Na2O5. The van der Waals surface area contributed by atoms with Crippen molar-refractivity contribution in [2.24, 2.45) is 0 Å². The molecule has 1 aliphatic heterocycles. The van der Waals surface area contributed by atoms with Gasteiger partial charge in [0.15, 0.2) is 5.78 Å². The first-order valence-electron chi connectivity index (χ1n) is 8.22. The summed E-state index contributed by atoms with van der Waals surface area (Å²) in [6.07, 6.45) is 1.78. The van der Waals surface area contributed by atoms with E-state index in [0.29, 0.717) is 27.8 Å². The Morgan fingerprint density at radius 2 is 1.71 bits per heavy atom. The molecule has 0 bridgehead atoms. The van der Waals surface area contributed by atoms with E-state index in [9.17, 15) is 19.8 Å². The molecule has 0 fully saturated rings. The van der Waals surface area contributed by atoms with Crippen LogP contribution in [0, 0.1) is 7.14 Å². The number of allylic oxidation sites excluding steroid dienone is 4. The first kappa shape index (κ1) is 28.8. The molecule has 1 heterocycles. The van der Waals surface area contributed by atoms with Crippen LogP contribution in [0.3, 0.4) is 0 Å². The van der Waals surface area contributed by atoms with E-state index in [1.165, 1.54) is 0 Å². The molecule has 1 aliphatic carbocycles. The second kappa shape index (κ2) is 11.5. The van der Waals surface area contributed by atoms with Gasteiger partial charge in [-0.1, -0.05) is 40.8 Å². The van der Waals surface area contributed by atoms with Crippen molar-refractivity contribution in [3.05, 3.63) is 75.2 Å². The Balaban J connectivity index is 0.00000171. The van der Waals surface area contributed by atoms with Crippen LogP contribution in [0.1, 0.15) is 27.4 Å². The van der Waals surface area contributed by atoms with Gasteiger partial charge in [-0.15, -0.1) is 0 Å². The van der Waals surface area contributed by atoms with Gasteiger partial charge in [0.1, 0.15) is 21.2 Å². The Hall–Kier alpha value is 1.58. The van der Waals surface area contributed by atoms with Crippen LogP contribution < -0.4 is 4.74 Å². The summed E-state index contributed by atoms with van der Waals surface area (Å²) in [6.45, 7) is 0. The van der Waals surface area contributed by atoms with Crippen molar-refractivity contribution >= 4 is 161 Å². The van der Waals surface area contributed by atoms with Crippen molar-refractivity contribution in [1.29, 1.82) is 0 Å². The molecular weight excluding hydrogens is 874 g/mol. The van der Waals surface area contributed by atoms with Gasteiger partial charge in [-0.05, 0) is 91.5 Å². The molecule has 2 unspecified atom stereocenters. The summed E-state index contributed by atoms with van der Waals surface area (Å²) in [5, 5.41) is 20.2. The molecule has 0 aromatic heterocycles. The van der Waals surface area contributed by atoms with Crippen molar-refractivity contribution in [1.82, 2.24) is 0 Å². The number of hydrogen-bond donors (Lipinski definition) is 2. The van der Waals surface area contributed by atoms with Crippen LogP contribution in [0.4, 0.5) is 0 Å². The van der Waals surface area contributed by atoms with Gasteiger partial charge in [-0.25, -0.2) is 4.79 Å². The Labute approximate surface area is 277 Å².